The highest BCUT2D eigenvalue weighted by Crippen LogP contribution is 2.32. The van der Waals surface area contributed by atoms with Gasteiger partial charge in [-0.3, -0.25) is 4.57 Å². The standard InChI is InChI=1S/C24H24ClN3O5S/c1-4-33-23-22(32-2)12-10-18(26-23)21(14-34(3,30)31)28-20-11-9-15(13-19(20)27-24(28)29)16-7-5-6-8-17(16)25/h5-13,21H,4,14H2,1-3H3,(H,27,29)/t21-/m1/s1. The second-order valence-corrected chi connectivity index (χ2v) is 10.4. The van der Waals surface area contributed by atoms with Crippen molar-refractivity contribution in [2.24, 2.45) is 0 Å². The van der Waals surface area contributed by atoms with Gasteiger partial charge < -0.3 is 14.5 Å². The number of hydrogen-bond donors (Lipinski definition) is 1. The Labute approximate surface area is 202 Å². The molecule has 0 bridgehead atoms. The van der Waals surface area contributed by atoms with Gasteiger partial charge >= 0.3 is 5.69 Å². The number of methoxy groups -OCH3 is 1. The van der Waals surface area contributed by atoms with Crippen LogP contribution in [0.2, 0.25) is 5.02 Å². The number of H-pyrrole nitrogens is 1. The van der Waals surface area contributed by atoms with Crippen LogP contribution in [0.1, 0.15) is 18.7 Å². The van der Waals surface area contributed by atoms with Crippen LogP contribution in [-0.4, -0.2) is 48.7 Å². The van der Waals surface area contributed by atoms with Crippen molar-refractivity contribution in [2.75, 3.05) is 25.7 Å². The molecular formula is C24H24ClN3O5S. The Kier molecular flexibility index (Phi) is 6.67. The van der Waals surface area contributed by atoms with E-state index in [1.165, 1.54) is 11.7 Å². The zero-order valence-electron chi connectivity index (χ0n) is 18.9. The first kappa shape index (κ1) is 23.8. The van der Waals surface area contributed by atoms with Gasteiger partial charge in [0.25, 0.3) is 5.88 Å². The van der Waals surface area contributed by atoms with E-state index in [1.807, 2.05) is 37.3 Å². The van der Waals surface area contributed by atoms with Crippen LogP contribution in [-0.2, 0) is 9.84 Å². The van der Waals surface area contributed by atoms with Crippen LogP contribution in [0.25, 0.3) is 22.2 Å². The molecule has 2 aromatic carbocycles. The number of benzene rings is 2. The van der Waals surface area contributed by atoms with Gasteiger partial charge in [-0.05, 0) is 42.8 Å². The predicted octanol–water partition coefficient (Wildman–Crippen LogP) is 4.09. The highest BCUT2D eigenvalue weighted by molar-refractivity contribution is 7.90. The first-order valence-corrected chi connectivity index (χ1v) is 13.0. The number of halogens is 1. The smallest absolute Gasteiger partial charge is 0.327 e. The van der Waals surface area contributed by atoms with Gasteiger partial charge in [0.1, 0.15) is 9.84 Å². The minimum atomic E-state index is -3.48. The van der Waals surface area contributed by atoms with Gasteiger partial charge in [0, 0.05) is 16.8 Å². The zero-order valence-corrected chi connectivity index (χ0v) is 20.5. The summed E-state index contributed by atoms with van der Waals surface area (Å²) < 4.78 is 37.0. The van der Waals surface area contributed by atoms with Gasteiger partial charge in [0.2, 0.25) is 0 Å². The molecule has 0 aliphatic carbocycles. The van der Waals surface area contributed by atoms with E-state index >= 15 is 0 Å². The minimum Gasteiger partial charge on any atom is -0.491 e. The molecule has 0 aliphatic rings. The molecule has 8 nitrogen and oxygen atoms in total. The number of nitrogens with zero attached hydrogens (tertiary/aromatic N) is 2. The number of pyridine rings is 1. The third kappa shape index (κ3) is 4.80. The molecule has 1 atom stereocenters. The molecule has 0 saturated heterocycles. The molecule has 4 aromatic rings. The van der Waals surface area contributed by atoms with Gasteiger partial charge in [-0.15, -0.1) is 0 Å². The van der Waals surface area contributed by atoms with Crippen molar-refractivity contribution >= 4 is 32.5 Å². The third-order valence-corrected chi connectivity index (χ3v) is 6.61. The summed E-state index contributed by atoms with van der Waals surface area (Å²) in [6.07, 6.45) is 1.13. The van der Waals surface area contributed by atoms with Gasteiger partial charge in [-0.25, -0.2) is 18.2 Å². The summed E-state index contributed by atoms with van der Waals surface area (Å²) >= 11 is 6.34. The van der Waals surface area contributed by atoms with E-state index in [0.29, 0.717) is 34.1 Å². The number of nitrogens with one attached hydrogen (secondary N) is 1. The fraction of sp³-hybridized carbons (Fsp3) is 0.250. The van der Waals surface area contributed by atoms with Crippen molar-refractivity contribution in [1.29, 1.82) is 0 Å². The molecule has 4 rings (SSSR count). The van der Waals surface area contributed by atoms with E-state index in [-0.39, 0.29) is 11.6 Å². The Morgan fingerprint density at radius 3 is 2.59 bits per heavy atom. The predicted molar refractivity (Wildman–Crippen MR) is 133 cm³/mol. The molecule has 0 saturated carbocycles. The van der Waals surface area contributed by atoms with E-state index in [9.17, 15) is 13.2 Å². The first-order chi connectivity index (χ1) is 16.2. The van der Waals surface area contributed by atoms with Gasteiger partial charge in [0.05, 0.1) is 42.2 Å². The average Bonchev–Trinajstić information content (AvgIpc) is 3.12. The number of aromatic amines is 1. The fourth-order valence-corrected chi connectivity index (χ4v) is 5.04. The molecule has 2 aromatic heterocycles. The van der Waals surface area contributed by atoms with Crippen molar-refractivity contribution < 1.29 is 17.9 Å². The van der Waals surface area contributed by atoms with Crippen LogP contribution in [0.15, 0.2) is 59.4 Å². The quantitative estimate of drug-likeness (QED) is 0.390. The zero-order chi connectivity index (χ0) is 24.5. The van der Waals surface area contributed by atoms with E-state index in [2.05, 4.69) is 9.97 Å². The Morgan fingerprint density at radius 1 is 1.15 bits per heavy atom. The molecule has 34 heavy (non-hydrogen) atoms. The summed E-state index contributed by atoms with van der Waals surface area (Å²) in [5, 5.41) is 0.587. The van der Waals surface area contributed by atoms with Crippen LogP contribution in [0.5, 0.6) is 11.6 Å². The van der Waals surface area contributed by atoms with Gasteiger partial charge in [0.15, 0.2) is 5.75 Å². The molecule has 178 valence electrons. The average molecular weight is 502 g/mol. The fourth-order valence-electron chi connectivity index (χ4n) is 3.91. The molecule has 0 aliphatic heterocycles. The molecule has 0 unspecified atom stereocenters. The highest BCUT2D eigenvalue weighted by Gasteiger charge is 2.26. The van der Waals surface area contributed by atoms with Crippen LogP contribution < -0.4 is 15.2 Å². The summed E-state index contributed by atoms with van der Waals surface area (Å²) in [7, 11) is -1.99. The summed E-state index contributed by atoms with van der Waals surface area (Å²) in [6.45, 7) is 2.16. The number of ether oxygens (including phenoxy) is 2. The Morgan fingerprint density at radius 2 is 1.91 bits per heavy atom. The Hall–Kier alpha value is -3.30. The normalized spacial score (nSPS) is 12.6. The maximum atomic E-state index is 13.1. The lowest BCUT2D eigenvalue weighted by Crippen LogP contribution is -2.29. The monoisotopic (exact) mass is 501 g/mol. The largest absolute Gasteiger partial charge is 0.491 e. The summed E-state index contributed by atoms with van der Waals surface area (Å²) in [5.41, 5.74) is 2.67. The van der Waals surface area contributed by atoms with Crippen LogP contribution in [0.4, 0.5) is 0 Å². The van der Waals surface area contributed by atoms with Crippen LogP contribution in [0, 0.1) is 0 Å². The number of sulfone groups is 1. The SMILES string of the molecule is CCOc1nc([C@@H](CS(C)(=O)=O)n2c(=O)[nH]c3cc(-c4ccccc4Cl)ccc32)ccc1OC. The number of hydrogen-bond acceptors (Lipinski definition) is 6. The highest BCUT2D eigenvalue weighted by atomic mass is 35.5. The summed E-state index contributed by atoms with van der Waals surface area (Å²) in [4.78, 5) is 20.4. The topological polar surface area (TPSA) is 103 Å². The Balaban J connectivity index is 1.89. The lowest BCUT2D eigenvalue weighted by molar-refractivity contribution is 0.296. The van der Waals surface area contributed by atoms with E-state index in [1.54, 1.807) is 24.3 Å². The van der Waals surface area contributed by atoms with Crippen molar-refractivity contribution in [2.45, 2.75) is 13.0 Å². The van der Waals surface area contributed by atoms with E-state index < -0.39 is 21.6 Å². The number of fused-ring (bicyclic) bond motifs is 1. The maximum absolute atomic E-state index is 13.1. The lowest BCUT2D eigenvalue weighted by Gasteiger charge is -2.19. The van der Waals surface area contributed by atoms with Crippen molar-refractivity contribution in [3.63, 3.8) is 0 Å². The number of aromatic nitrogens is 3. The summed E-state index contributed by atoms with van der Waals surface area (Å²) in [5.74, 6) is 0.325. The molecule has 0 spiro atoms. The molecule has 10 heteroatoms. The van der Waals surface area contributed by atoms with Gasteiger partial charge in [-0.2, -0.15) is 0 Å². The van der Waals surface area contributed by atoms with Crippen LogP contribution in [0.3, 0.4) is 0 Å². The van der Waals surface area contributed by atoms with E-state index in [4.69, 9.17) is 21.1 Å². The van der Waals surface area contributed by atoms with Crippen LogP contribution >= 0.6 is 11.6 Å². The molecule has 2 heterocycles. The van der Waals surface area contributed by atoms with Crippen molar-refractivity contribution in [3.05, 3.63) is 75.8 Å². The van der Waals surface area contributed by atoms with E-state index in [0.717, 1.165) is 17.4 Å². The summed E-state index contributed by atoms with van der Waals surface area (Å²) in [6, 6.07) is 15.3. The second-order valence-electron chi connectivity index (χ2n) is 7.80. The second kappa shape index (κ2) is 9.52. The molecule has 0 amide bonds. The molecule has 1 N–H and O–H groups in total. The van der Waals surface area contributed by atoms with Crippen molar-refractivity contribution in [3.8, 4) is 22.8 Å². The number of imidazole rings is 1. The molecular weight excluding hydrogens is 478 g/mol. The van der Waals surface area contributed by atoms with Gasteiger partial charge in [-0.1, -0.05) is 35.9 Å². The maximum Gasteiger partial charge on any atom is 0.327 e. The lowest BCUT2D eigenvalue weighted by atomic mass is 10.0. The minimum absolute atomic E-state index is 0.231. The number of rotatable bonds is 8. The first-order valence-electron chi connectivity index (χ1n) is 10.6. The molecule has 0 radical (unpaired) electrons. The van der Waals surface area contributed by atoms with Crippen molar-refractivity contribution in [1.82, 2.24) is 14.5 Å². The Bertz CT molecular complexity index is 1510. The third-order valence-electron chi connectivity index (χ3n) is 5.36. The molecule has 0 fully saturated rings.